The Labute approximate surface area is 197 Å². The van der Waals surface area contributed by atoms with Crippen LogP contribution in [0.3, 0.4) is 0 Å². The number of ether oxygens (including phenoxy) is 3. The van der Waals surface area contributed by atoms with Gasteiger partial charge in [-0.25, -0.2) is 8.42 Å². The molecule has 8 nitrogen and oxygen atoms in total. The largest absolute Gasteiger partial charge is 0.495 e. The number of benzene rings is 3. The number of sulfonamides is 1. The predicted molar refractivity (Wildman–Crippen MR) is 127 cm³/mol. The van der Waals surface area contributed by atoms with E-state index in [0.717, 1.165) is 0 Å². The van der Waals surface area contributed by atoms with Crippen molar-refractivity contribution in [2.45, 2.75) is 11.8 Å². The third-order valence-corrected chi connectivity index (χ3v) is 5.99. The number of methoxy groups -OCH3 is 1. The molecule has 33 heavy (non-hydrogen) atoms. The van der Waals surface area contributed by atoms with Gasteiger partial charge in [0.25, 0.3) is 15.9 Å². The first kappa shape index (κ1) is 24.2. The molecule has 0 aliphatic rings. The molecule has 0 spiro atoms. The molecule has 3 aromatic rings. The fraction of sp³-hybridized carbons (Fsp3) is 0.174. The number of carbonyl (C=O) groups excluding carboxylic acids is 1. The van der Waals surface area contributed by atoms with Crippen LogP contribution in [0.25, 0.3) is 0 Å². The smallest absolute Gasteiger partial charge is 0.265 e. The number of rotatable bonds is 10. The minimum Gasteiger partial charge on any atom is -0.495 e. The lowest BCUT2D eigenvalue weighted by Crippen LogP contribution is -2.21. The Kier molecular flexibility index (Phi) is 8.02. The van der Waals surface area contributed by atoms with Gasteiger partial charge in [-0.15, -0.1) is 0 Å². The van der Waals surface area contributed by atoms with Crippen LogP contribution < -0.4 is 24.2 Å². The Morgan fingerprint density at radius 2 is 1.52 bits per heavy atom. The van der Waals surface area contributed by atoms with Gasteiger partial charge in [-0.05, 0) is 73.7 Å². The van der Waals surface area contributed by atoms with Gasteiger partial charge >= 0.3 is 0 Å². The molecule has 174 valence electrons. The molecule has 0 atom stereocenters. The molecule has 0 saturated heterocycles. The zero-order valence-electron chi connectivity index (χ0n) is 18.0. The van der Waals surface area contributed by atoms with Gasteiger partial charge < -0.3 is 19.5 Å². The van der Waals surface area contributed by atoms with Crippen molar-refractivity contribution in [2.75, 3.05) is 30.4 Å². The Morgan fingerprint density at radius 3 is 2.15 bits per heavy atom. The van der Waals surface area contributed by atoms with Crippen LogP contribution in [-0.4, -0.2) is 34.6 Å². The first-order valence-electron chi connectivity index (χ1n) is 9.92. The number of hydrogen-bond donors (Lipinski definition) is 2. The molecule has 0 aliphatic carbocycles. The molecule has 0 saturated carbocycles. The highest BCUT2D eigenvalue weighted by atomic mass is 35.5. The summed E-state index contributed by atoms with van der Waals surface area (Å²) in [7, 11) is -2.65. The van der Waals surface area contributed by atoms with E-state index in [4.69, 9.17) is 25.8 Å². The van der Waals surface area contributed by atoms with Crippen molar-refractivity contribution < 1.29 is 27.4 Å². The van der Waals surface area contributed by atoms with Crippen LogP contribution in [-0.2, 0) is 14.8 Å². The zero-order chi connectivity index (χ0) is 23.8. The molecule has 2 N–H and O–H groups in total. The maximum atomic E-state index is 13.0. The van der Waals surface area contributed by atoms with Gasteiger partial charge in [0.1, 0.15) is 22.1 Å². The van der Waals surface area contributed by atoms with Crippen molar-refractivity contribution in [3.05, 3.63) is 71.8 Å². The predicted octanol–water partition coefficient (Wildman–Crippen LogP) is 4.57. The van der Waals surface area contributed by atoms with Crippen molar-refractivity contribution in [1.29, 1.82) is 0 Å². The average molecular weight is 491 g/mol. The molecular weight excluding hydrogens is 468 g/mol. The summed E-state index contributed by atoms with van der Waals surface area (Å²) in [4.78, 5) is 12.1. The van der Waals surface area contributed by atoms with Gasteiger partial charge in [0.05, 0.1) is 13.7 Å². The van der Waals surface area contributed by atoms with Crippen molar-refractivity contribution in [1.82, 2.24) is 0 Å². The molecule has 0 bridgehead atoms. The monoisotopic (exact) mass is 490 g/mol. The summed E-state index contributed by atoms with van der Waals surface area (Å²) in [6, 6.07) is 17.4. The van der Waals surface area contributed by atoms with Crippen LogP contribution in [0.5, 0.6) is 17.2 Å². The number of halogens is 1. The summed E-state index contributed by atoms with van der Waals surface area (Å²) in [5.41, 5.74) is 0.624. The minimum absolute atomic E-state index is 0.129. The maximum Gasteiger partial charge on any atom is 0.265 e. The van der Waals surface area contributed by atoms with Crippen molar-refractivity contribution in [3.63, 3.8) is 0 Å². The first-order chi connectivity index (χ1) is 15.8. The number of nitrogens with one attached hydrogen (secondary N) is 2. The van der Waals surface area contributed by atoms with E-state index < -0.39 is 15.9 Å². The van der Waals surface area contributed by atoms with Gasteiger partial charge in [-0.1, -0.05) is 11.6 Å². The Hall–Kier alpha value is -3.43. The van der Waals surface area contributed by atoms with E-state index >= 15 is 0 Å². The highest BCUT2D eigenvalue weighted by Gasteiger charge is 2.21. The fourth-order valence-electron chi connectivity index (χ4n) is 2.84. The van der Waals surface area contributed by atoms with Crippen LogP contribution in [0.4, 0.5) is 11.4 Å². The van der Waals surface area contributed by atoms with Crippen LogP contribution >= 0.6 is 11.6 Å². The molecule has 0 heterocycles. The molecule has 3 rings (SSSR count). The van der Waals surface area contributed by atoms with E-state index in [9.17, 15) is 13.2 Å². The Morgan fingerprint density at radius 1 is 0.909 bits per heavy atom. The molecule has 10 heteroatoms. The number of carbonyl (C=O) groups is 1. The molecule has 3 aromatic carbocycles. The molecular formula is C23H23ClN2O6S. The lowest BCUT2D eigenvalue weighted by Gasteiger charge is -2.14. The maximum absolute atomic E-state index is 13.0. The van der Waals surface area contributed by atoms with Gasteiger partial charge in [0.15, 0.2) is 6.61 Å². The zero-order valence-corrected chi connectivity index (χ0v) is 19.6. The molecule has 0 radical (unpaired) electrons. The summed E-state index contributed by atoms with van der Waals surface area (Å²) in [6.07, 6.45) is 0. The Balaban J connectivity index is 1.72. The molecule has 0 unspecified atom stereocenters. The second kappa shape index (κ2) is 10.9. The van der Waals surface area contributed by atoms with Crippen LogP contribution in [0, 0.1) is 0 Å². The summed E-state index contributed by atoms with van der Waals surface area (Å²) in [5, 5.41) is 3.17. The van der Waals surface area contributed by atoms with Gasteiger partial charge in [0.2, 0.25) is 0 Å². The highest BCUT2D eigenvalue weighted by Crippen LogP contribution is 2.29. The van der Waals surface area contributed by atoms with E-state index in [-0.39, 0.29) is 22.9 Å². The topological polar surface area (TPSA) is 103 Å². The van der Waals surface area contributed by atoms with Crippen LogP contribution in [0.15, 0.2) is 71.6 Å². The van der Waals surface area contributed by atoms with Crippen molar-refractivity contribution in [3.8, 4) is 17.2 Å². The summed E-state index contributed by atoms with van der Waals surface area (Å²) >= 11 is 5.82. The standard InChI is InChI=1S/C23H23ClN2O6S/c1-3-31-19-11-6-17(7-12-19)26-33(28,29)22-14-18(8-13-21(22)30-2)25-23(27)15-32-20-9-4-16(24)5-10-20/h4-14,26H,3,15H2,1-2H3,(H,25,27). The number of anilines is 2. The molecule has 0 aliphatic heterocycles. The number of hydrogen-bond acceptors (Lipinski definition) is 6. The fourth-order valence-corrected chi connectivity index (χ4v) is 4.22. The summed E-state index contributed by atoms with van der Waals surface area (Å²) in [6.45, 7) is 2.10. The average Bonchev–Trinajstić information content (AvgIpc) is 2.80. The van der Waals surface area contributed by atoms with Gasteiger partial charge in [-0.2, -0.15) is 0 Å². The SMILES string of the molecule is CCOc1ccc(NS(=O)(=O)c2cc(NC(=O)COc3ccc(Cl)cc3)ccc2OC)cc1. The van der Waals surface area contributed by atoms with E-state index in [0.29, 0.717) is 28.8 Å². The quantitative estimate of drug-likeness (QED) is 0.431. The lowest BCUT2D eigenvalue weighted by molar-refractivity contribution is -0.118. The van der Waals surface area contributed by atoms with Gasteiger partial charge in [0, 0.05) is 16.4 Å². The second-order valence-electron chi connectivity index (χ2n) is 6.72. The number of amides is 1. The van der Waals surface area contributed by atoms with E-state index in [1.54, 1.807) is 48.5 Å². The molecule has 1 amide bonds. The van der Waals surface area contributed by atoms with E-state index in [2.05, 4.69) is 10.0 Å². The third-order valence-electron chi connectivity index (χ3n) is 4.34. The van der Waals surface area contributed by atoms with Crippen molar-refractivity contribution in [2.24, 2.45) is 0 Å². The minimum atomic E-state index is -4.01. The normalized spacial score (nSPS) is 10.9. The van der Waals surface area contributed by atoms with Crippen molar-refractivity contribution >= 4 is 38.9 Å². The summed E-state index contributed by atoms with van der Waals surface area (Å²) in [5.74, 6) is 0.775. The molecule has 0 aromatic heterocycles. The highest BCUT2D eigenvalue weighted by molar-refractivity contribution is 7.92. The van der Waals surface area contributed by atoms with Crippen LogP contribution in [0.2, 0.25) is 5.02 Å². The van der Waals surface area contributed by atoms with Gasteiger partial charge in [-0.3, -0.25) is 9.52 Å². The van der Waals surface area contributed by atoms with E-state index in [1.165, 1.54) is 25.3 Å². The van der Waals surface area contributed by atoms with E-state index in [1.807, 2.05) is 6.92 Å². The summed E-state index contributed by atoms with van der Waals surface area (Å²) < 4.78 is 44.5. The molecule has 0 fully saturated rings. The second-order valence-corrected chi connectivity index (χ2v) is 8.81. The Bertz CT molecular complexity index is 1200. The lowest BCUT2D eigenvalue weighted by atomic mass is 10.3. The third kappa shape index (κ3) is 6.77. The first-order valence-corrected chi connectivity index (χ1v) is 11.8. The van der Waals surface area contributed by atoms with Crippen LogP contribution in [0.1, 0.15) is 6.92 Å².